The van der Waals surface area contributed by atoms with Crippen LogP contribution < -0.4 is 15.6 Å². The second-order valence-electron chi connectivity index (χ2n) is 3.85. The molecule has 0 radical (unpaired) electrons. The molecule has 1 aromatic carbocycles. The van der Waals surface area contributed by atoms with Gasteiger partial charge in [0.2, 0.25) is 0 Å². The number of rotatable bonds is 4. The fourth-order valence-corrected chi connectivity index (χ4v) is 2.17. The standard InChI is InChI=1S/C14H14N2O3S/c1-2-19-11-6-3-5-10(9-11)13(17)15-16-14(18)12-7-4-8-20-12/h3-9H,2H2,1H3,(H,15,17)(H,16,18). The summed E-state index contributed by atoms with van der Waals surface area (Å²) < 4.78 is 5.32. The molecule has 0 fully saturated rings. The monoisotopic (exact) mass is 290 g/mol. The molecule has 0 saturated heterocycles. The van der Waals surface area contributed by atoms with E-state index in [1.807, 2.05) is 6.92 Å². The van der Waals surface area contributed by atoms with E-state index in [9.17, 15) is 9.59 Å². The first-order valence-corrected chi connectivity index (χ1v) is 6.95. The maximum Gasteiger partial charge on any atom is 0.279 e. The lowest BCUT2D eigenvalue weighted by Crippen LogP contribution is -2.41. The highest BCUT2D eigenvalue weighted by Crippen LogP contribution is 2.13. The van der Waals surface area contributed by atoms with Crippen LogP contribution in [0.3, 0.4) is 0 Å². The average Bonchev–Trinajstić information content (AvgIpc) is 2.99. The number of carbonyl (C=O) groups is 2. The summed E-state index contributed by atoms with van der Waals surface area (Å²) in [5, 5.41) is 1.79. The van der Waals surface area contributed by atoms with Crippen LogP contribution in [0.25, 0.3) is 0 Å². The van der Waals surface area contributed by atoms with E-state index in [0.29, 0.717) is 22.8 Å². The largest absolute Gasteiger partial charge is 0.494 e. The number of benzene rings is 1. The molecule has 0 bridgehead atoms. The van der Waals surface area contributed by atoms with Crippen LogP contribution >= 0.6 is 11.3 Å². The van der Waals surface area contributed by atoms with Crippen molar-refractivity contribution in [3.63, 3.8) is 0 Å². The lowest BCUT2D eigenvalue weighted by atomic mass is 10.2. The number of thiophene rings is 1. The maximum atomic E-state index is 11.9. The molecule has 1 aromatic heterocycles. The smallest absolute Gasteiger partial charge is 0.279 e. The van der Waals surface area contributed by atoms with E-state index in [1.54, 1.807) is 41.8 Å². The van der Waals surface area contributed by atoms with Gasteiger partial charge in [-0.2, -0.15) is 0 Å². The second kappa shape index (κ2) is 6.72. The molecule has 2 amide bonds. The maximum absolute atomic E-state index is 11.9. The van der Waals surface area contributed by atoms with E-state index < -0.39 is 5.91 Å². The second-order valence-corrected chi connectivity index (χ2v) is 4.79. The zero-order chi connectivity index (χ0) is 14.4. The van der Waals surface area contributed by atoms with Gasteiger partial charge in [0.05, 0.1) is 11.5 Å². The Kier molecular flexibility index (Phi) is 4.73. The van der Waals surface area contributed by atoms with Crippen molar-refractivity contribution in [2.24, 2.45) is 0 Å². The van der Waals surface area contributed by atoms with Gasteiger partial charge < -0.3 is 4.74 Å². The van der Waals surface area contributed by atoms with Crippen LogP contribution in [-0.4, -0.2) is 18.4 Å². The normalized spacial score (nSPS) is 9.85. The Labute approximate surface area is 120 Å². The molecular weight excluding hydrogens is 276 g/mol. The van der Waals surface area contributed by atoms with Gasteiger partial charge in [-0.25, -0.2) is 0 Å². The van der Waals surface area contributed by atoms with Gasteiger partial charge in [-0.3, -0.25) is 20.4 Å². The molecule has 0 atom stereocenters. The Balaban J connectivity index is 1.95. The third-order valence-corrected chi connectivity index (χ3v) is 3.31. The third-order valence-electron chi connectivity index (χ3n) is 2.44. The third kappa shape index (κ3) is 3.58. The molecule has 0 aliphatic heterocycles. The summed E-state index contributed by atoms with van der Waals surface area (Å²) >= 11 is 1.30. The summed E-state index contributed by atoms with van der Waals surface area (Å²) in [5.41, 5.74) is 5.15. The molecule has 5 nitrogen and oxygen atoms in total. The van der Waals surface area contributed by atoms with E-state index in [2.05, 4.69) is 10.9 Å². The summed E-state index contributed by atoms with van der Waals surface area (Å²) in [5.74, 6) is -0.115. The Hall–Kier alpha value is -2.34. The molecule has 0 saturated carbocycles. The fourth-order valence-electron chi connectivity index (χ4n) is 1.55. The molecule has 0 spiro atoms. The van der Waals surface area contributed by atoms with Crippen molar-refractivity contribution >= 4 is 23.2 Å². The van der Waals surface area contributed by atoms with Crippen molar-refractivity contribution < 1.29 is 14.3 Å². The molecule has 2 aromatic rings. The SMILES string of the molecule is CCOc1cccc(C(=O)NNC(=O)c2cccs2)c1. The summed E-state index contributed by atoms with van der Waals surface area (Å²) in [6, 6.07) is 10.2. The molecule has 20 heavy (non-hydrogen) atoms. The Morgan fingerprint density at radius 2 is 1.95 bits per heavy atom. The zero-order valence-corrected chi connectivity index (χ0v) is 11.7. The van der Waals surface area contributed by atoms with Gasteiger partial charge >= 0.3 is 0 Å². The van der Waals surface area contributed by atoms with E-state index in [4.69, 9.17) is 4.74 Å². The highest BCUT2D eigenvalue weighted by molar-refractivity contribution is 7.12. The molecule has 1 heterocycles. The van der Waals surface area contributed by atoms with E-state index in [1.165, 1.54) is 11.3 Å². The number of hydrogen-bond donors (Lipinski definition) is 2. The molecule has 2 rings (SSSR count). The van der Waals surface area contributed by atoms with Gasteiger partial charge in [-0.05, 0) is 36.6 Å². The summed E-state index contributed by atoms with van der Waals surface area (Å²) in [7, 11) is 0. The summed E-state index contributed by atoms with van der Waals surface area (Å²) in [4.78, 5) is 24.1. The average molecular weight is 290 g/mol. The van der Waals surface area contributed by atoms with Crippen LogP contribution in [0.5, 0.6) is 5.75 Å². The topological polar surface area (TPSA) is 67.4 Å². The first kappa shape index (κ1) is 14.1. The molecule has 2 N–H and O–H groups in total. The zero-order valence-electron chi connectivity index (χ0n) is 10.9. The molecule has 104 valence electrons. The van der Waals surface area contributed by atoms with E-state index in [-0.39, 0.29) is 5.91 Å². The van der Waals surface area contributed by atoms with E-state index >= 15 is 0 Å². The minimum atomic E-state index is -0.392. The number of hydrogen-bond acceptors (Lipinski definition) is 4. The van der Waals surface area contributed by atoms with Gasteiger partial charge in [0.25, 0.3) is 11.8 Å². The van der Waals surface area contributed by atoms with E-state index in [0.717, 1.165) is 0 Å². The number of amides is 2. The number of ether oxygens (including phenoxy) is 1. The minimum Gasteiger partial charge on any atom is -0.494 e. The van der Waals surface area contributed by atoms with Crippen LogP contribution in [0.15, 0.2) is 41.8 Å². The highest BCUT2D eigenvalue weighted by Gasteiger charge is 2.10. The molecule has 0 aliphatic carbocycles. The molecule has 6 heteroatoms. The fraction of sp³-hybridized carbons (Fsp3) is 0.143. The first-order valence-electron chi connectivity index (χ1n) is 6.07. The Bertz CT molecular complexity index is 596. The van der Waals surface area contributed by atoms with Crippen molar-refractivity contribution in [2.75, 3.05) is 6.61 Å². The predicted molar refractivity (Wildman–Crippen MR) is 76.9 cm³/mol. The van der Waals surface area contributed by atoms with Crippen LogP contribution in [-0.2, 0) is 0 Å². The minimum absolute atomic E-state index is 0.339. The Morgan fingerprint density at radius 1 is 1.15 bits per heavy atom. The van der Waals surface area contributed by atoms with Crippen LogP contribution in [0, 0.1) is 0 Å². The molecule has 0 aliphatic rings. The summed E-state index contributed by atoms with van der Waals surface area (Å²) in [6.07, 6.45) is 0. The molecule has 0 unspecified atom stereocenters. The van der Waals surface area contributed by atoms with Crippen molar-refractivity contribution in [3.8, 4) is 5.75 Å². The molecular formula is C14H14N2O3S. The lowest BCUT2D eigenvalue weighted by Gasteiger charge is -2.08. The number of nitrogens with one attached hydrogen (secondary N) is 2. The van der Waals surface area contributed by atoms with Crippen molar-refractivity contribution in [1.29, 1.82) is 0 Å². The van der Waals surface area contributed by atoms with Crippen LogP contribution in [0.4, 0.5) is 0 Å². The van der Waals surface area contributed by atoms with Crippen LogP contribution in [0.1, 0.15) is 27.0 Å². The van der Waals surface area contributed by atoms with Gasteiger partial charge in [0.15, 0.2) is 0 Å². The number of hydrazine groups is 1. The lowest BCUT2D eigenvalue weighted by molar-refractivity contribution is 0.0848. The van der Waals surface area contributed by atoms with Crippen LogP contribution in [0.2, 0.25) is 0 Å². The number of carbonyl (C=O) groups excluding carboxylic acids is 2. The van der Waals surface area contributed by atoms with Gasteiger partial charge in [-0.15, -0.1) is 11.3 Å². The van der Waals surface area contributed by atoms with Crippen molar-refractivity contribution in [3.05, 3.63) is 52.2 Å². The van der Waals surface area contributed by atoms with Gasteiger partial charge in [-0.1, -0.05) is 12.1 Å². The summed E-state index contributed by atoms with van der Waals surface area (Å²) in [6.45, 7) is 2.40. The predicted octanol–water partition coefficient (Wildman–Crippen LogP) is 2.22. The van der Waals surface area contributed by atoms with Gasteiger partial charge in [0.1, 0.15) is 5.75 Å². The van der Waals surface area contributed by atoms with Crippen molar-refractivity contribution in [2.45, 2.75) is 6.92 Å². The Morgan fingerprint density at radius 3 is 2.65 bits per heavy atom. The van der Waals surface area contributed by atoms with Gasteiger partial charge in [0, 0.05) is 5.56 Å². The van der Waals surface area contributed by atoms with Crippen molar-refractivity contribution in [1.82, 2.24) is 10.9 Å². The quantitative estimate of drug-likeness (QED) is 0.848. The highest BCUT2D eigenvalue weighted by atomic mass is 32.1. The first-order chi connectivity index (χ1) is 9.70.